The van der Waals surface area contributed by atoms with Gasteiger partial charge in [-0.2, -0.15) is 5.10 Å². The van der Waals surface area contributed by atoms with Crippen LogP contribution in [0.4, 0.5) is 5.69 Å². The normalized spacial score (nSPS) is 12.8. The summed E-state index contributed by atoms with van der Waals surface area (Å²) < 4.78 is 1.65. The van der Waals surface area contributed by atoms with Gasteiger partial charge in [-0.25, -0.2) is 0 Å². The predicted molar refractivity (Wildman–Crippen MR) is 67.8 cm³/mol. The number of rotatable bonds is 5. The topological polar surface area (TPSA) is 76.2 Å². The summed E-state index contributed by atoms with van der Waals surface area (Å²) in [6, 6.07) is 0.272. The number of aromatic nitrogens is 2. The van der Waals surface area contributed by atoms with Crippen molar-refractivity contribution in [2.75, 3.05) is 26.4 Å². The summed E-state index contributed by atoms with van der Waals surface area (Å²) >= 11 is 0. The molecule has 0 aliphatic heterocycles. The molecule has 0 aromatic carbocycles. The lowest BCUT2D eigenvalue weighted by molar-refractivity contribution is 0.0938. The van der Waals surface area contributed by atoms with Crippen LogP contribution >= 0.6 is 0 Å². The summed E-state index contributed by atoms with van der Waals surface area (Å²) in [4.78, 5) is 13.9. The van der Waals surface area contributed by atoms with Crippen molar-refractivity contribution in [3.8, 4) is 0 Å². The van der Waals surface area contributed by atoms with Crippen LogP contribution in [-0.4, -0.2) is 47.3 Å². The molecule has 1 heterocycles. The maximum absolute atomic E-state index is 11.8. The third-order valence-corrected chi connectivity index (χ3v) is 2.77. The molecule has 1 atom stereocenters. The highest BCUT2D eigenvalue weighted by Gasteiger charge is 2.15. The second-order valence-corrected chi connectivity index (χ2v) is 4.31. The van der Waals surface area contributed by atoms with Crippen LogP contribution < -0.4 is 11.1 Å². The average molecular weight is 239 g/mol. The Morgan fingerprint density at radius 3 is 2.76 bits per heavy atom. The van der Waals surface area contributed by atoms with Gasteiger partial charge in [0.05, 0.1) is 5.69 Å². The summed E-state index contributed by atoms with van der Waals surface area (Å²) in [5, 5.41) is 6.94. The van der Waals surface area contributed by atoms with Crippen molar-refractivity contribution in [3.63, 3.8) is 0 Å². The van der Waals surface area contributed by atoms with Crippen LogP contribution in [0.1, 0.15) is 24.3 Å². The van der Waals surface area contributed by atoms with Gasteiger partial charge in [-0.15, -0.1) is 0 Å². The van der Waals surface area contributed by atoms with E-state index in [-0.39, 0.29) is 11.9 Å². The monoisotopic (exact) mass is 239 g/mol. The Kier molecular flexibility index (Phi) is 4.51. The van der Waals surface area contributed by atoms with E-state index in [0.29, 0.717) is 24.5 Å². The van der Waals surface area contributed by atoms with Gasteiger partial charge >= 0.3 is 0 Å². The molecule has 0 aliphatic carbocycles. The summed E-state index contributed by atoms with van der Waals surface area (Å²) in [7, 11) is 3.94. The molecule has 0 saturated carbocycles. The van der Waals surface area contributed by atoms with Gasteiger partial charge in [-0.3, -0.25) is 9.48 Å². The number of nitrogens with zero attached hydrogens (tertiary/aromatic N) is 3. The smallest absolute Gasteiger partial charge is 0.273 e. The van der Waals surface area contributed by atoms with Gasteiger partial charge in [0.1, 0.15) is 0 Å². The molecule has 0 spiro atoms. The molecular formula is C11H21N5O. The van der Waals surface area contributed by atoms with Crippen molar-refractivity contribution in [2.24, 2.45) is 0 Å². The number of nitrogens with one attached hydrogen (secondary N) is 1. The van der Waals surface area contributed by atoms with Crippen LogP contribution in [0.25, 0.3) is 0 Å². The molecule has 6 heteroatoms. The summed E-state index contributed by atoms with van der Waals surface area (Å²) in [5.74, 6) is -0.219. The SMILES string of the molecule is CCn1cc(N)c(C(=O)NCC(C)N(C)C)n1. The molecule has 6 nitrogen and oxygen atoms in total. The van der Waals surface area contributed by atoms with Gasteiger partial charge in [0.25, 0.3) is 5.91 Å². The quantitative estimate of drug-likeness (QED) is 0.767. The molecule has 1 aromatic rings. The van der Waals surface area contributed by atoms with Gasteiger partial charge in [0.15, 0.2) is 5.69 Å². The van der Waals surface area contributed by atoms with Crippen LogP contribution in [0.15, 0.2) is 6.20 Å². The van der Waals surface area contributed by atoms with E-state index in [1.54, 1.807) is 10.9 Å². The summed E-state index contributed by atoms with van der Waals surface area (Å²) in [6.07, 6.45) is 1.67. The van der Waals surface area contributed by atoms with E-state index in [2.05, 4.69) is 10.4 Å². The highest BCUT2D eigenvalue weighted by atomic mass is 16.2. The van der Waals surface area contributed by atoms with Crippen molar-refractivity contribution < 1.29 is 4.79 Å². The number of nitrogens with two attached hydrogens (primary N) is 1. The number of amides is 1. The van der Waals surface area contributed by atoms with Crippen LogP contribution in [0.5, 0.6) is 0 Å². The third-order valence-electron chi connectivity index (χ3n) is 2.77. The number of carbonyl (C=O) groups excluding carboxylic acids is 1. The van der Waals surface area contributed by atoms with E-state index < -0.39 is 0 Å². The number of carbonyl (C=O) groups is 1. The Hall–Kier alpha value is -1.56. The van der Waals surface area contributed by atoms with Gasteiger partial charge in [-0.1, -0.05) is 0 Å². The largest absolute Gasteiger partial charge is 0.396 e. The number of hydrogen-bond donors (Lipinski definition) is 2. The first-order valence-electron chi connectivity index (χ1n) is 5.73. The zero-order chi connectivity index (χ0) is 13.0. The number of aryl methyl sites for hydroxylation is 1. The number of nitrogen functional groups attached to an aromatic ring is 1. The van der Waals surface area contributed by atoms with Crippen molar-refractivity contribution in [1.29, 1.82) is 0 Å². The van der Waals surface area contributed by atoms with Crippen LogP contribution in [0.2, 0.25) is 0 Å². The molecule has 17 heavy (non-hydrogen) atoms. The first kappa shape index (κ1) is 13.5. The lowest BCUT2D eigenvalue weighted by Gasteiger charge is -2.19. The minimum Gasteiger partial charge on any atom is -0.396 e. The van der Waals surface area contributed by atoms with Gasteiger partial charge in [0, 0.05) is 25.3 Å². The first-order valence-corrected chi connectivity index (χ1v) is 5.73. The first-order chi connectivity index (χ1) is 7.95. The molecule has 3 N–H and O–H groups in total. The van der Waals surface area contributed by atoms with E-state index in [4.69, 9.17) is 5.73 Å². The Labute approximate surface area is 102 Å². The third kappa shape index (κ3) is 3.45. The highest BCUT2D eigenvalue weighted by Crippen LogP contribution is 2.08. The molecule has 0 saturated heterocycles. The van der Waals surface area contributed by atoms with E-state index in [9.17, 15) is 4.79 Å². The van der Waals surface area contributed by atoms with Crippen LogP contribution in [0.3, 0.4) is 0 Å². The van der Waals surface area contributed by atoms with Crippen molar-refractivity contribution in [2.45, 2.75) is 26.4 Å². The second-order valence-electron chi connectivity index (χ2n) is 4.31. The molecule has 1 amide bonds. The molecule has 0 bridgehead atoms. The lowest BCUT2D eigenvalue weighted by atomic mass is 10.3. The van der Waals surface area contributed by atoms with Crippen molar-refractivity contribution in [1.82, 2.24) is 20.0 Å². The molecule has 0 radical (unpaired) electrons. The number of hydrogen-bond acceptors (Lipinski definition) is 4. The van der Waals surface area contributed by atoms with Crippen molar-refractivity contribution >= 4 is 11.6 Å². The van der Waals surface area contributed by atoms with Gasteiger partial charge < -0.3 is 16.0 Å². The Morgan fingerprint density at radius 1 is 1.65 bits per heavy atom. The standard InChI is InChI=1S/C11H21N5O/c1-5-16-7-9(12)10(14-16)11(17)13-6-8(2)15(3)4/h7-8H,5-6,12H2,1-4H3,(H,13,17). The fraction of sp³-hybridized carbons (Fsp3) is 0.636. The van der Waals surface area contributed by atoms with Crippen LogP contribution in [0, 0.1) is 0 Å². The van der Waals surface area contributed by atoms with E-state index >= 15 is 0 Å². The summed E-state index contributed by atoms with van der Waals surface area (Å²) in [6.45, 7) is 5.26. The zero-order valence-electron chi connectivity index (χ0n) is 10.9. The average Bonchev–Trinajstić information content (AvgIpc) is 2.66. The molecular weight excluding hydrogens is 218 g/mol. The minimum absolute atomic E-state index is 0.219. The fourth-order valence-electron chi connectivity index (χ4n) is 1.28. The molecule has 1 unspecified atom stereocenters. The van der Waals surface area contributed by atoms with Crippen LogP contribution in [-0.2, 0) is 6.54 Å². The highest BCUT2D eigenvalue weighted by molar-refractivity contribution is 5.96. The Bertz CT molecular complexity index is 385. The molecule has 0 aliphatic rings. The summed E-state index contributed by atoms with van der Waals surface area (Å²) in [5.41, 5.74) is 6.45. The lowest BCUT2D eigenvalue weighted by Crippen LogP contribution is -2.38. The predicted octanol–water partition coefficient (Wildman–Crippen LogP) is 0.165. The Balaban J connectivity index is 2.60. The maximum atomic E-state index is 11.8. The fourth-order valence-corrected chi connectivity index (χ4v) is 1.28. The van der Waals surface area contributed by atoms with E-state index in [1.165, 1.54) is 0 Å². The van der Waals surface area contributed by atoms with E-state index in [1.807, 2.05) is 32.8 Å². The Morgan fingerprint density at radius 2 is 2.29 bits per heavy atom. The molecule has 1 rings (SSSR count). The molecule has 1 aromatic heterocycles. The number of likely N-dealkylation sites (N-methyl/N-ethyl adjacent to an activating group) is 1. The zero-order valence-corrected chi connectivity index (χ0v) is 10.9. The maximum Gasteiger partial charge on any atom is 0.273 e. The van der Waals surface area contributed by atoms with E-state index in [0.717, 1.165) is 0 Å². The minimum atomic E-state index is -0.219. The van der Waals surface area contributed by atoms with Crippen molar-refractivity contribution in [3.05, 3.63) is 11.9 Å². The molecule has 96 valence electrons. The second kappa shape index (κ2) is 5.67. The van der Waals surface area contributed by atoms with Gasteiger partial charge in [-0.05, 0) is 27.9 Å². The molecule has 0 fully saturated rings. The van der Waals surface area contributed by atoms with Gasteiger partial charge in [0.2, 0.25) is 0 Å². The number of anilines is 1.